The lowest BCUT2D eigenvalue weighted by atomic mass is 10.1. The summed E-state index contributed by atoms with van der Waals surface area (Å²) < 4.78 is 3.52. The number of benzene rings is 1. The standard InChI is InChI=1S/C17H19N3O/c1-4-15-12(2)18-20(13(15)3)17(21)11-19-10-9-14-7-5-6-8-16(14)19/h5-10H,4,11H2,1-3H3. The molecule has 4 nitrogen and oxygen atoms in total. The van der Waals surface area contributed by atoms with Crippen molar-refractivity contribution in [1.82, 2.24) is 14.3 Å². The summed E-state index contributed by atoms with van der Waals surface area (Å²) in [5, 5.41) is 5.54. The molecule has 0 bridgehead atoms. The Bertz CT molecular complexity index is 811. The minimum absolute atomic E-state index is 0.00310. The number of carbonyl (C=O) groups is 1. The van der Waals surface area contributed by atoms with Crippen molar-refractivity contribution >= 4 is 16.8 Å². The van der Waals surface area contributed by atoms with E-state index < -0.39 is 0 Å². The van der Waals surface area contributed by atoms with Crippen LogP contribution in [0.5, 0.6) is 0 Å². The highest BCUT2D eigenvalue weighted by atomic mass is 16.2. The average Bonchev–Trinajstić information content (AvgIpc) is 3.01. The first kappa shape index (κ1) is 13.6. The average molecular weight is 281 g/mol. The van der Waals surface area contributed by atoms with Gasteiger partial charge in [0.2, 0.25) is 0 Å². The summed E-state index contributed by atoms with van der Waals surface area (Å²) in [4.78, 5) is 12.5. The Balaban J connectivity index is 1.93. The molecule has 3 aromatic rings. The molecule has 108 valence electrons. The van der Waals surface area contributed by atoms with Crippen LogP contribution in [0.25, 0.3) is 10.9 Å². The molecule has 3 rings (SSSR count). The molecule has 4 heteroatoms. The van der Waals surface area contributed by atoms with Gasteiger partial charge in [0.15, 0.2) is 0 Å². The molecule has 0 aliphatic heterocycles. The Morgan fingerprint density at radius 1 is 1.19 bits per heavy atom. The Hall–Kier alpha value is -2.36. The predicted octanol–water partition coefficient (Wildman–Crippen LogP) is 3.36. The van der Waals surface area contributed by atoms with Crippen molar-refractivity contribution in [3.8, 4) is 0 Å². The van der Waals surface area contributed by atoms with Crippen LogP contribution < -0.4 is 0 Å². The zero-order chi connectivity index (χ0) is 15.0. The molecule has 0 amide bonds. The quantitative estimate of drug-likeness (QED) is 0.738. The lowest BCUT2D eigenvalue weighted by Crippen LogP contribution is -2.20. The molecular formula is C17H19N3O. The minimum atomic E-state index is -0.00310. The van der Waals surface area contributed by atoms with Crippen LogP contribution >= 0.6 is 0 Å². The van der Waals surface area contributed by atoms with Gasteiger partial charge < -0.3 is 4.57 Å². The normalized spacial score (nSPS) is 11.2. The second-order valence-electron chi connectivity index (χ2n) is 5.31. The first-order valence-electron chi connectivity index (χ1n) is 7.24. The van der Waals surface area contributed by atoms with Gasteiger partial charge in [0.25, 0.3) is 5.91 Å². The number of hydrogen-bond donors (Lipinski definition) is 0. The fraction of sp³-hybridized carbons (Fsp3) is 0.294. The largest absolute Gasteiger partial charge is 0.338 e. The number of aromatic nitrogens is 3. The van der Waals surface area contributed by atoms with Gasteiger partial charge in [-0.05, 0) is 43.4 Å². The van der Waals surface area contributed by atoms with E-state index in [9.17, 15) is 4.79 Å². The molecular weight excluding hydrogens is 262 g/mol. The molecule has 0 unspecified atom stereocenters. The van der Waals surface area contributed by atoms with Gasteiger partial charge in [-0.2, -0.15) is 5.10 Å². The van der Waals surface area contributed by atoms with Crippen molar-refractivity contribution in [2.75, 3.05) is 0 Å². The van der Waals surface area contributed by atoms with Crippen molar-refractivity contribution in [3.63, 3.8) is 0 Å². The predicted molar refractivity (Wildman–Crippen MR) is 83.6 cm³/mol. The topological polar surface area (TPSA) is 39.8 Å². The SMILES string of the molecule is CCc1c(C)nn(C(=O)Cn2ccc3ccccc32)c1C. The van der Waals surface area contributed by atoms with E-state index in [4.69, 9.17) is 0 Å². The highest BCUT2D eigenvalue weighted by Crippen LogP contribution is 2.17. The third-order valence-corrected chi connectivity index (χ3v) is 4.02. The fourth-order valence-electron chi connectivity index (χ4n) is 2.92. The van der Waals surface area contributed by atoms with Crippen molar-refractivity contribution in [2.45, 2.75) is 33.7 Å². The number of rotatable bonds is 3. The van der Waals surface area contributed by atoms with Crippen LogP contribution in [0, 0.1) is 13.8 Å². The van der Waals surface area contributed by atoms with E-state index in [1.807, 2.05) is 48.9 Å². The van der Waals surface area contributed by atoms with E-state index in [-0.39, 0.29) is 5.91 Å². The summed E-state index contributed by atoms with van der Waals surface area (Å²) in [7, 11) is 0. The van der Waals surface area contributed by atoms with Gasteiger partial charge in [0, 0.05) is 17.4 Å². The Morgan fingerprint density at radius 2 is 1.95 bits per heavy atom. The van der Waals surface area contributed by atoms with Gasteiger partial charge in [-0.15, -0.1) is 0 Å². The van der Waals surface area contributed by atoms with Crippen molar-refractivity contribution < 1.29 is 4.79 Å². The fourth-order valence-corrected chi connectivity index (χ4v) is 2.92. The van der Waals surface area contributed by atoms with Gasteiger partial charge in [-0.25, -0.2) is 4.68 Å². The van der Waals surface area contributed by atoms with Crippen LogP contribution in [0.3, 0.4) is 0 Å². The summed E-state index contributed by atoms with van der Waals surface area (Å²) in [5.74, 6) is -0.00310. The molecule has 0 radical (unpaired) electrons. The Morgan fingerprint density at radius 3 is 2.67 bits per heavy atom. The maximum Gasteiger partial charge on any atom is 0.267 e. The molecule has 0 N–H and O–H groups in total. The summed E-state index contributed by atoms with van der Waals surface area (Å²) in [6.45, 7) is 6.31. The minimum Gasteiger partial charge on any atom is -0.338 e. The van der Waals surface area contributed by atoms with E-state index in [0.717, 1.165) is 28.7 Å². The molecule has 0 aliphatic rings. The molecule has 21 heavy (non-hydrogen) atoms. The van der Waals surface area contributed by atoms with Crippen LogP contribution in [-0.4, -0.2) is 20.3 Å². The van der Waals surface area contributed by atoms with Gasteiger partial charge in [0.1, 0.15) is 6.54 Å². The van der Waals surface area contributed by atoms with Crippen molar-refractivity contribution in [2.24, 2.45) is 0 Å². The number of hydrogen-bond acceptors (Lipinski definition) is 2. The van der Waals surface area contributed by atoms with Crippen LogP contribution in [0.15, 0.2) is 36.5 Å². The lowest BCUT2D eigenvalue weighted by molar-refractivity contribution is 0.0874. The van der Waals surface area contributed by atoms with E-state index in [1.54, 1.807) is 4.68 Å². The molecule has 0 fully saturated rings. The summed E-state index contributed by atoms with van der Waals surface area (Å²) >= 11 is 0. The highest BCUT2D eigenvalue weighted by molar-refractivity contribution is 5.84. The maximum atomic E-state index is 12.5. The third-order valence-electron chi connectivity index (χ3n) is 4.02. The van der Waals surface area contributed by atoms with Crippen molar-refractivity contribution in [1.29, 1.82) is 0 Å². The van der Waals surface area contributed by atoms with E-state index >= 15 is 0 Å². The van der Waals surface area contributed by atoms with Gasteiger partial charge in [0.05, 0.1) is 5.69 Å². The molecule has 0 spiro atoms. The van der Waals surface area contributed by atoms with Gasteiger partial charge in [-0.1, -0.05) is 25.1 Å². The van der Waals surface area contributed by atoms with Gasteiger partial charge >= 0.3 is 0 Å². The first-order chi connectivity index (χ1) is 10.1. The molecule has 1 aromatic carbocycles. The van der Waals surface area contributed by atoms with E-state index in [2.05, 4.69) is 18.1 Å². The monoisotopic (exact) mass is 281 g/mol. The van der Waals surface area contributed by atoms with E-state index in [1.165, 1.54) is 5.56 Å². The molecule has 0 atom stereocenters. The molecule has 0 aliphatic carbocycles. The molecule has 0 saturated carbocycles. The van der Waals surface area contributed by atoms with Crippen LogP contribution in [0.2, 0.25) is 0 Å². The second kappa shape index (κ2) is 5.20. The summed E-state index contributed by atoms with van der Waals surface area (Å²) in [6.07, 6.45) is 2.85. The number of carbonyl (C=O) groups excluding carboxylic acids is 1. The molecule has 0 saturated heterocycles. The smallest absolute Gasteiger partial charge is 0.267 e. The Kier molecular flexibility index (Phi) is 3.37. The van der Waals surface area contributed by atoms with Crippen LogP contribution in [0.1, 0.15) is 28.7 Å². The Labute approximate surface area is 124 Å². The molecule has 2 aromatic heterocycles. The number of para-hydroxylation sites is 1. The number of fused-ring (bicyclic) bond motifs is 1. The molecule has 2 heterocycles. The maximum absolute atomic E-state index is 12.5. The van der Waals surface area contributed by atoms with Gasteiger partial charge in [-0.3, -0.25) is 4.79 Å². The lowest BCUT2D eigenvalue weighted by Gasteiger charge is -2.06. The number of aryl methyl sites for hydroxylation is 1. The highest BCUT2D eigenvalue weighted by Gasteiger charge is 2.16. The van der Waals surface area contributed by atoms with Crippen molar-refractivity contribution in [3.05, 3.63) is 53.5 Å². The zero-order valence-electron chi connectivity index (χ0n) is 12.6. The zero-order valence-corrected chi connectivity index (χ0v) is 12.6. The van der Waals surface area contributed by atoms with Crippen LogP contribution in [-0.2, 0) is 13.0 Å². The second-order valence-corrected chi connectivity index (χ2v) is 5.31. The first-order valence-corrected chi connectivity index (χ1v) is 7.24. The van der Waals surface area contributed by atoms with E-state index in [0.29, 0.717) is 6.54 Å². The number of nitrogens with zero attached hydrogens (tertiary/aromatic N) is 3. The summed E-state index contributed by atoms with van der Waals surface area (Å²) in [6, 6.07) is 10.1. The van der Waals surface area contributed by atoms with Crippen LogP contribution in [0.4, 0.5) is 0 Å². The third kappa shape index (κ3) is 2.27. The summed E-state index contributed by atoms with van der Waals surface area (Å²) in [5.41, 5.74) is 4.14.